The molecule has 116 valence electrons. The van der Waals surface area contributed by atoms with Gasteiger partial charge in [-0.3, -0.25) is 4.79 Å². The smallest absolute Gasteiger partial charge is 0.254 e. The minimum atomic E-state index is -0.0325. The lowest BCUT2D eigenvalue weighted by atomic mass is 10.1. The fourth-order valence-corrected chi connectivity index (χ4v) is 1.99. The maximum Gasteiger partial charge on any atom is 0.254 e. The molecule has 0 heterocycles. The number of likely N-dealkylation sites (N-methyl/N-ethyl adjacent to an activating group) is 1. The van der Waals surface area contributed by atoms with E-state index in [1.165, 1.54) is 0 Å². The molecule has 1 aromatic carbocycles. The van der Waals surface area contributed by atoms with Crippen molar-refractivity contribution in [2.24, 2.45) is 0 Å². The summed E-state index contributed by atoms with van der Waals surface area (Å²) in [7, 11) is 1.57. The van der Waals surface area contributed by atoms with Gasteiger partial charge in [0.1, 0.15) is 0 Å². The van der Waals surface area contributed by atoms with Gasteiger partial charge in [0.25, 0.3) is 5.91 Å². The van der Waals surface area contributed by atoms with Crippen LogP contribution in [0.3, 0.4) is 0 Å². The molecular formula is C17H25NO3. The number of carbonyl (C=O) groups excluding carboxylic acids is 1. The molecule has 1 rings (SSSR count). The number of ether oxygens (including phenoxy) is 2. The number of hydrogen-bond acceptors (Lipinski definition) is 3. The van der Waals surface area contributed by atoms with Crippen LogP contribution in [0.4, 0.5) is 0 Å². The molecule has 0 saturated carbocycles. The van der Waals surface area contributed by atoms with Gasteiger partial charge in [-0.25, -0.2) is 0 Å². The quantitative estimate of drug-likeness (QED) is 0.721. The van der Waals surface area contributed by atoms with E-state index in [9.17, 15) is 4.79 Å². The number of nitrogens with zero attached hydrogens (tertiary/aromatic N) is 1. The molecule has 0 atom stereocenters. The van der Waals surface area contributed by atoms with Crippen LogP contribution in [0, 0.1) is 0 Å². The zero-order valence-corrected chi connectivity index (χ0v) is 13.6. The van der Waals surface area contributed by atoms with Gasteiger partial charge in [-0.15, -0.1) is 0 Å². The monoisotopic (exact) mass is 291 g/mol. The molecule has 0 radical (unpaired) electrons. The van der Waals surface area contributed by atoms with Crippen LogP contribution in [0.5, 0.6) is 11.5 Å². The first kappa shape index (κ1) is 17.1. The number of carbonyl (C=O) groups is 1. The van der Waals surface area contributed by atoms with Crippen molar-refractivity contribution in [2.45, 2.75) is 33.8 Å². The second-order valence-electron chi connectivity index (χ2n) is 5.31. The number of benzene rings is 1. The van der Waals surface area contributed by atoms with E-state index in [2.05, 4.69) is 6.58 Å². The van der Waals surface area contributed by atoms with Crippen molar-refractivity contribution in [3.05, 3.63) is 35.9 Å². The van der Waals surface area contributed by atoms with Crippen molar-refractivity contribution in [3.63, 3.8) is 0 Å². The highest BCUT2D eigenvalue weighted by Gasteiger charge is 2.17. The molecule has 1 amide bonds. The van der Waals surface area contributed by atoms with Crippen molar-refractivity contribution in [1.82, 2.24) is 4.90 Å². The lowest BCUT2D eigenvalue weighted by Gasteiger charge is -2.22. The molecule has 0 bridgehead atoms. The van der Waals surface area contributed by atoms with Crippen molar-refractivity contribution in [2.75, 3.05) is 20.2 Å². The van der Waals surface area contributed by atoms with Crippen LogP contribution >= 0.6 is 0 Å². The largest absolute Gasteiger partial charge is 0.493 e. The molecule has 0 spiro atoms. The van der Waals surface area contributed by atoms with Crippen molar-refractivity contribution in [1.29, 1.82) is 0 Å². The fourth-order valence-electron chi connectivity index (χ4n) is 1.99. The first-order chi connectivity index (χ1) is 9.88. The maximum atomic E-state index is 12.5. The predicted octanol–water partition coefficient (Wildman–Crippen LogP) is 3.52. The van der Waals surface area contributed by atoms with Gasteiger partial charge < -0.3 is 14.4 Å². The van der Waals surface area contributed by atoms with Gasteiger partial charge in [-0.05, 0) is 45.9 Å². The summed E-state index contributed by atoms with van der Waals surface area (Å²) in [6.07, 6.45) is 0.0519. The summed E-state index contributed by atoms with van der Waals surface area (Å²) in [5, 5.41) is 0. The summed E-state index contributed by atoms with van der Waals surface area (Å²) in [5.41, 5.74) is 1.54. The Balaban J connectivity index is 3.02. The Bertz CT molecular complexity index is 509. The second kappa shape index (κ2) is 7.72. The van der Waals surface area contributed by atoms with Gasteiger partial charge in [0, 0.05) is 18.7 Å². The minimum Gasteiger partial charge on any atom is -0.493 e. The zero-order valence-electron chi connectivity index (χ0n) is 13.6. The molecule has 0 aromatic heterocycles. The van der Waals surface area contributed by atoms with Crippen molar-refractivity contribution in [3.8, 4) is 11.5 Å². The standard InChI is InChI=1S/C17H25NO3/c1-7-18(11-12(2)3)17(19)14-8-9-15(21-13(4)5)16(10-14)20-6/h8-10,13H,2,7,11H2,1,3-6H3. The highest BCUT2D eigenvalue weighted by Crippen LogP contribution is 2.29. The molecule has 0 aliphatic carbocycles. The Kier molecular flexibility index (Phi) is 6.28. The minimum absolute atomic E-state index is 0.0325. The first-order valence-electron chi connectivity index (χ1n) is 7.17. The van der Waals surface area contributed by atoms with E-state index < -0.39 is 0 Å². The fraction of sp³-hybridized carbons (Fsp3) is 0.471. The summed E-state index contributed by atoms with van der Waals surface area (Å²) < 4.78 is 11.0. The number of hydrogen-bond donors (Lipinski definition) is 0. The summed E-state index contributed by atoms with van der Waals surface area (Å²) in [6, 6.07) is 5.27. The highest BCUT2D eigenvalue weighted by atomic mass is 16.5. The predicted molar refractivity (Wildman–Crippen MR) is 85.1 cm³/mol. The van der Waals surface area contributed by atoms with Crippen LogP contribution in [0.1, 0.15) is 38.1 Å². The van der Waals surface area contributed by atoms with E-state index in [0.717, 1.165) is 5.57 Å². The first-order valence-corrected chi connectivity index (χ1v) is 7.17. The lowest BCUT2D eigenvalue weighted by Crippen LogP contribution is -2.32. The van der Waals surface area contributed by atoms with Gasteiger partial charge >= 0.3 is 0 Å². The molecule has 0 aliphatic heterocycles. The van der Waals surface area contributed by atoms with Gasteiger partial charge in [-0.2, -0.15) is 0 Å². The Labute approximate surface area is 127 Å². The molecule has 1 aromatic rings. The van der Waals surface area contributed by atoms with E-state index in [4.69, 9.17) is 9.47 Å². The van der Waals surface area contributed by atoms with Crippen LogP contribution in [-0.2, 0) is 0 Å². The average Bonchev–Trinajstić information content (AvgIpc) is 2.43. The Morgan fingerprint density at radius 3 is 2.48 bits per heavy atom. The van der Waals surface area contributed by atoms with E-state index in [0.29, 0.717) is 30.2 Å². The van der Waals surface area contributed by atoms with Crippen LogP contribution < -0.4 is 9.47 Å². The van der Waals surface area contributed by atoms with Crippen LogP contribution in [-0.4, -0.2) is 37.1 Å². The third-order valence-electron chi connectivity index (χ3n) is 2.90. The molecule has 0 unspecified atom stereocenters. The van der Waals surface area contributed by atoms with Gasteiger partial charge in [-0.1, -0.05) is 12.2 Å². The molecule has 4 nitrogen and oxygen atoms in total. The van der Waals surface area contributed by atoms with Crippen LogP contribution in [0.2, 0.25) is 0 Å². The third kappa shape index (κ3) is 4.81. The van der Waals surface area contributed by atoms with E-state index in [-0.39, 0.29) is 12.0 Å². The summed E-state index contributed by atoms with van der Waals surface area (Å²) >= 11 is 0. The molecule has 21 heavy (non-hydrogen) atoms. The second-order valence-corrected chi connectivity index (χ2v) is 5.31. The zero-order chi connectivity index (χ0) is 16.0. The van der Waals surface area contributed by atoms with E-state index in [1.807, 2.05) is 27.7 Å². The van der Waals surface area contributed by atoms with E-state index >= 15 is 0 Å². The number of rotatable bonds is 7. The van der Waals surface area contributed by atoms with Crippen LogP contribution in [0.15, 0.2) is 30.4 Å². The molecule has 0 fully saturated rings. The SMILES string of the molecule is C=C(C)CN(CC)C(=O)c1ccc(OC(C)C)c(OC)c1. The third-order valence-corrected chi connectivity index (χ3v) is 2.90. The average molecular weight is 291 g/mol. The summed E-state index contributed by atoms with van der Waals surface area (Å²) in [5.74, 6) is 1.18. The normalized spacial score (nSPS) is 10.4. The summed E-state index contributed by atoms with van der Waals surface area (Å²) in [6.45, 7) is 12.8. The molecular weight excluding hydrogens is 266 g/mol. The molecule has 0 saturated heterocycles. The topological polar surface area (TPSA) is 38.8 Å². The lowest BCUT2D eigenvalue weighted by molar-refractivity contribution is 0.0778. The Morgan fingerprint density at radius 2 is 2.00 bits per heavy atom. The maximum absolute atomic E-state index is 12.5. The van der Waals surface area contributed by atoms with Crippen LogP contribution in [0.25, 0.3) is 0 Å². The Hall–Kier alpha value is -1.97. The highest BCUT2D eigenvalue weighted by molar-refractivity contribution is 5.95. The van der Waals surface area contributed by atoms with Gasteiger partial charge in [0.2, 0.25) is 0 Å². The van der Waals surface area contributed by atoms with Gasteiger partial charge in [0.05, 0.1) is 13.2 Å². The molecule has 0 aliphatic rings. The van der Waals surface area contributed by atoms with E-state index in [1.54, 1.807) is 30.2 Å². The molecule has 0 N–H and O–H groups in total. The number of amides is 1. The van der Waals surface area contributed by atoms with Crippen molar-refractivity contribution < 1.29 is 14.3 Å². The van der Waals surface area contributed by atoms with Crippen molar-refractivity contribution >= 4 is 5.91 Å². The molecule has 4 heteroatoms. The van der Waals surface area contributed by atoms with Gasteiger partial charge in [0.15, 0.2) is 11.5 Å². The Morgan fingerprint density at radius 1 is 1.33 bits per heavy atom. The number of methoxy groups -OCH3 is 1. The summed E-state index contributed by atoms with van der Waals surface area (Å²) in [4.78, 5) is 14.3.